The summed E-state index contributed by atoms with van der Waals surface area (Å²) in [6, 6.07) is 5.89. The summed E-state index contributed by atoms with van der Waals surface area (Å²) < 4.78 is 6.82. The Labute approximate surface area is 118 Å². The number of hydrogen-bond donors (Lipinski definition) is 0. The lowest BCUT2D eigenvalue weighted by molar-refractivity contribution is -0.143. The topological polar surface area (TPSA) is 48.3 Å². The van der Waals surface area contributed by atoms with Crippen molar-refractivity contribution in [3.05, 3.63) is 35.5 Å². The van der Waals surface area contributed by atoms with Crippen molar-refractivity contribution in [1.29, 1.82) is 0 Å². The number of rotatable bonds is 5. The summed E-state index contributed by atoms with van der Waals surface area (Å²) in [4.78, 5) is 23.5. The fraction of sp³-hybridized carbons (Fsp3) is 0.375. The molecule has 106 valence electrons. The van der Waals surface area contributed by atoms with E-state index in [4.69, 9.17) is 4.74 Å². The van der Waals surface area contributed by atoms with Crippen molar-refractivity contribution in [2.24, 2.45) is 0 Å². The van der Waals surface area contributed by atoms with Crippen LogP contribution in [-0.4, -0.2) is 22.9 Å². The molecule has 20 heavy (non-hydrogen) atoms. The van der Waals surface area contributed by atoms with Gasteiger partial charge in [0.2, 0.25) is 0 Å². The Hall–Kier alpha value is -2.10. The smallest absolute Gasteiger partial charge is 0.325 e. The van der Waals surface area contributed by atoms with Crippen LogP contribution in [0.2, 0.25) is 0 Å². The van der Waals surface area contributed by atoms with Crippen molar-refractivity contribution < 1.29 is 14.3 Å². The lowest BCUT2D eigenvalue weighted by Crippen LogP contribution is -2.13. The van der Waals surface area contributed by atoms with Gasteiger partial charge in [-0.05, 0) is 25.8 Å². The first-order valence-electron chi connectivity index (χ1n) is 6.85. The Kier molecular flexibility index (Phi) is 4.23. The number of carbonyl (C=O) groups is 2. The number of aryl methyl sites for hydroxylation is 1. The molecule has 0 saturated heterocycles. The van der Waals surface area contributed by atoms with E-state index in [1.807, 2.05) is 22.8 Å². The normalized spacial score (nSPS) is 10.8. The van der Waals surface area contributed by atoms with Gasteiger partial charge in [-0.1, -0.05) is 25.1 Å². The molecular formula is C16H19NO3. The van der Waals surface area contributed by atoms with Crippen LogP contribution in [0.25, 0.3) is 10.9 Å². The standard InChI is InChI=1S/C16H19NO3/c1-4-12-7-6-8-13-14(11(3)18)9-17(16(12)13)10-15(19)20-5-2/h6-9H,4-5,10H2,1-3H3. The van der Waals surface area contributed by atoms with Crippen LogP contribution in [0.1, 0.15) is 36.7 Å². The molecule has 0 saturated carbocycles. The number of carbonyl (C=O) groups excluding carboxylic acids is 2. The lowest BCUT2D eigenvalue weighted by Gasteiger charge is -2.08. The molecule has 0 N–H and O–H groups in total. The molecule has 0 atom stereocenters. The minimum atomic E-state index is -0.287. The van der Waals surface area contributed by atoms with Gasteiger partial charge in [0.05, 0.1) is 12.1 Å². The number of hydrogen-bond acceptors (Lipinski definition) is 3. The number of fused-ring (bicyclic) bond motifs is 1. The minimum absolute atomic E-state index is 0.00543. The molecule has 0 fully saturated rings. The molecule has 0 amide bonds. The van der Waals surface area contributed by atoms with E-state index in [-0.39, 0.29) is 18.3 Å². The Morgan fingerprint density at radius 1 is 1.25 bits per heavy atom. The van der Waals surface area contributed by atoms with Crippen LogP contribution >= 0.6 is 0 Å². The zero-order chi connectivity index (χ0) is 14.7. The van der Waals surface area contributed by atoms with Crippen molar-refractivity contribution >= 4 is 22.7 Å². The Morgan fingerprint density at radius 3 is 2.60 bits per heavy atom. The first-order valence-corrected chi connectivity index (χ1v) is 6.85. The number of Topliss-reactive ketones (excluding diaryl/α,β-unsaturated/α-hetero) is 1. The van der Waals surface area contributed by atoms with E-state index in [9.17, 15) is 9.59 Å². The SMILES string of the molecule is CCOC(=O)Cn1cc(C(C)=O)c2cccc(CC)c21. The number of ether oxygens (including phenoxy) is 1. The maximum atomic E-state index is 11.8. The first kappa shape index (κ1) is 14.3. The Bertz CT molecular complexity index is 655. The van der Waals surface area contributed by atoms with Gasteiger partial charge in [0.1, 0.15) is 6.54 Å². The number of nitrogens with zero attached hydrogens (tertiary/aromatic N) is 1. The van der Waals surface area contributed by atoms with Crippen molar-refractivity contribution in [3.8, 4) is 0 Å². The summed E-state index contributed by atoms with van der Waals surface area (Å²) >= 11 is 0. The van der Waals surface area contributed by atoms with Gasteiger partial charge in [-0.2, -0.15) is 0 Å². The summed E-state index contributed by atoms with van der Waals surface area (Å²) in [6.07, 6.45) is 2.60. The summed E-state index contributed by atoms with van der Waals surface area (Å²) in [5, 5.41) is 0.904. The predicted octanol–water partition coefficient (Wildman–Crippen LogP) is 2.97. The third kappa shape index (κ3) is 2.59. The van der Waals surface area contributed by atoms with E-state index in [1.54, 1.807) is 20.0 Å². The number of aromatic nitrogens is 1. The molecule has 4 nitrogen and oxygen atoms in total. The summed E-state index contributed by atoms with van der Waals surface area (Å²) in [5.41, 5.74) is 2.73. The van der Waals surface area contributed by atoms with Gasteiger partial charge < -0.3 is 9.30 Å². The highest BCUT2D eigenvalue weighted by atomic mass is 16.5. The van der Waals surface area contributed by atoms with Crippen LogP contribution in [0.5, 0.6) is 0 Å². The lowest BCUT2D eigenvalue weighted by atomic mass is 10.1. The second-order valence-corrected chi connectivity index (χ2v) is 4.70. The van der Waals surface area contributed by atoms with Crippen LogP contribution in [-0.2, 0) is 22.5 Å². The number of para-hydroxylation sites is 1. The van der Waals surface area contributed by atoms with Crippen molar-refractivity contribution in [3.63, 3.8) is 0 Å². The molecule has 0 aliphatic heterocycles. The Balaban J connectivity index is 2.58. The van der Waals surface area contributed by atoms with Gasteiger partial charge in [-0.15, -0.1) is 0 Å². The molecule has 1 heterocycles. The number of esters is 1. The van der Waals surface area contributed by atoms with Gasteiger partial charge in [0, 0.05) is 17.1 Å². The van der Waals surface area contributed by atoms with E-state index in [0.717, 1.165) is 22.9 Å². The molecule has 0 unspecified atom stereocenters. The highest BCUT2D eigenvalue weighted by Crippen LogP contribution is 2.25. The minimum Gasteiger partial charge on any atom is -0.465 e. The first-order chi connectivity index (χ1) is 9.58. The molecule has 1 aromatic carbocycles. The second kappa shape index (κ2) is 5.90. The average Bonchev–Trinajstić information content (AvgIpc) is 2.78. The van der Waals surface area contributed by atoms with E-state index < -0.39 is 0 Å². The number of ketones is 1. The van der Waals surface area contributed by atoms with Gasteiger partial charge >= 0.3 is 5.97 Å². The van der Waals surface area contributed by atoms with Gasteiger partial charge in [-0.3, -0.25) is 9.59 Å². The summed E-state index contributed by atoms with van der Waals surface area (Å²) in [6.45, 7) is 5.88. The van der Waals surface area contributed by atoms with Crippen molar-refractivity contribution in [1.82, 2.24) is 4.57 Å². The van der Waals surface area contributed by atoms with Gasteiger partial charge in [0.25, 0.3) is 0 Å². The molecule has 0 spiro atoms. The van der Waals surface area contributed by atoms with Crippen LogP contribution < -0.4 is 0 Å². The van der Waals surface area contributed by atoms with Crippen LogP contribution in [0.4, 0.5) is 0 Å². The van der Waals surface area contributed by atoms with Crippen LogP contribution in [0.3, 0.4) is 0 Å². The van der Waals surface area contributed by atoms with Crippen LogP contribution in [0.15, 0.2) is 24.4 Å². The maximum Gasteiger partial charge on any atom is 0.325 e. The van der Waals surface area contributed by atoms with E-state index in [1.165, 1.54) is 0 Å². The molecule has 0 aliphatic carbocycles. The predicted molar refractivity (Wildman–Crippen MR) is 78.0 cm³/mol. The second-order valence-electron chi connectivity index (χ2n) is 4.70. The summed E-state index contributed by atoms with van der Waals surface area (Å²) in [5.74, 6) is -0.281. The zero-order valence-corrected chi connectivity index (χ0v) is 12.1. The molecule has 0 bridgehead atoms. The van der Waals surface area contributed by atoms with Crippen LogP contribution in [0, 0.1) is 0 Å². The van der Waals surface area contributed by atoms with E-state index >= 15 is 0 Å². The quantitative estimate of drug-likeness (QED) is 0.621. The zero-order valence-electron chi connectivity index (χ0n) is 12.1. The summed E-state index contributed by atoms with van der Waals surface area (Å²) in [7, 11) is 0. The van der Waals surface area contributed by atoms with Crippen molar-refractivity contribution in [2.45, 2.75) is 33.7 Å². The average molecular weight is 273 g/mol. The number of benzene rings is 1. The highest BCUT2D eigenvalue weighted by Gasteiger charge is 2.16. The fourth-order valence-electron chi connectivity index (χ4n) is 2.47. The highest BCUT2D eigenvalue weighted by molar-refractivity contribution is 6.07. The molecule has 2 aromatic rings. The third-order valence-electron chi connectivity index (χ3n) is 3.35. The molecule has 2 rings (SSSR count). The molecule has 4 heteroatoms. The largest absolute Gasteiger partial charge is 0.465 e. The third-order valence-corrected chi connectivity index (χ3v) is 3.35. The Morgan fingerprint density at radius 2 is 2.00 bits per heavy atom. The van der Waals surface area contributed by atoms with Gasteiger partial charge in [-0.25, -0.2) is 0 Å². The van der Waals surface area contributed by atoms with Gasteiger partial charge in [0.15, 0.2) is 5.78 Å². The van der Waals surface area contributed by atoms with E-state index in [2.05, 4.69) is 6.92 Å². The molecule has 0 aliphatic rings. The molecular weight excluding hydrogens is 254 g/mol. The fourth-order valence-corrected chi connectivity index (χ4v) is 2.47. The molecule has 1 aromatic heterocycles. The molecule has 0 radical (unpaired) electrons. The van der Waals surface area contributed by atoms with E-state index in [0.29, 0.717) is 12.2 Å². The monoisotopic (exact) mass is 273 g/mol. The van der Waals surface area contributed by atoms with Crippen molar-refractivity contribution in [2.75, 3.05) is 6.61 Å². The maximum absolute atomic E-state index is 11.8.